The van der Waals surface area contributed by atoms with Gasteiger partial charge in [0.25, 0.3) is 0 Å². The van der Waals surface area contributed by atoms with E-state index in [1.54, 1.807) is 17.4 Å². The molecule has 0 unspecified atom stereocenters. The Morgan fingerprint density at radius 1 is 1.26 bits per heavy atom. The molecule has 1 heterocycles. The van der Waals surface area contributed by atoms with Gasteiger partial charge in [-0.15, -0.1) is 11.3 Å². The van der Waals surface area contributed by atoms with Gasteiger partial charge in [0.05, 0.1) is 10.4 Å². The molecule has 0 aliphatic carbocycles. The van der Waals surface area contributed by atoms with E-state index in [0.29, 0.717) is 12.4 Å². The fourth-order valence-corrected chi connectivity index (χ4v) is 3.17. The summed E-state index contributed by atoms with van der Waals surface area (Å²) in [6.07, 6.45) is 0. The summed E-state index contributed by atoms with van der Waals surface area (Å²) >= 11 is 5.18. The van der Waals surface area contributed by atoms with Crippen molar-refractivity contribution >= 4 is 27.3 Å². The number of aromatic hydroxyl groups is 1. The molecule has 0 saturated carbocycles. The number of hydrogen-bond acceptors (Lipinski definition) is 4. The maximum absolute atomic E-state index is 9.62. The van der Waals surface area contributed by atoms with Crippen molar-refractivity contribution in [1.29, 1.82) is 0 Å². The third kappa shape index (κ3) is 4.23. The summed E-state index contributed by atoms with van der Waals surface area (Å²) < 4.78 is 6.51. The molecule has 3 nitrogen and oxygen atoms in total. The van der Waals surface area contributed by atoms with Crippen molar-refractivity contribution in [3.63, 3.8) is 0 Å². The molecule has 19 heavy (non-hydrogen) atoms. The van der Waals surface area contributed by atoms with E-state index in [9.17, 15) is 5.11 Å². The number of phenolic OH excluding ortho intramolecular Hbond substituents is 1. The predicted molar refractivity (Wildman–Crippen MR) is 81.8 cm³/mol. The van der Waals surface area contributed by atoms with Gasteiger partial charge >= 0.3 is 0 Å². The van der Waals surface area contributed by atoms with Crippen molar-refractivity contribution in [2.75, 3.05) is 6.61 Å². The number of rotatable bonds is 6. The maximum atomic E-state index is 9.62. The molecular formula is C14H16BrNO2S. The summed E-state index contributed by atoms with van der Waals surface area (Å²) in [5, 5.41) is 13.0. The highest BCUT2D eigenvalue weighted by atomic mass is 79.9. The molecule has 1 aromatic heterocycles. The monoisotopic (exact) mass is 341 g/mol. The molecule has 0 fully saturated rings. The van der Waals surface area contributed by atoms with Crippen molar-refractivity contribution in [2.24, 2.45) is 0 Å². The highest BCUT2D eigenvalue weighted by Crippen LogP contribution is 2.27. The van der Waals surface area contributed by atoms with Gasteiger partial charge in [0.15, 0.2) is 11.5 Å². The molecule has 102 valence electrons. The lowest BCUT2D eigenvalue weighted by atomic mass is 10.2. The quantitative estimate of drug-likeness (QED) is 0.836. The number of ether oxygens (including phenoxy) is 1. The lowest BCUT2D eigenvalue weighted by Crippen LogP contribution is -2.11. The van der Waals surface area contributed by atoms with Gasteiger partial charge in [-0.3, -0.25) is 0 Å². The second-order valence-corrected chi connectivity index (χ2v) is 6.59. The molecule has 0 bridgehead atoms. The van der Waals surface area contributed by atoms with Gasteiger partial charge in [-0.25, -0.2) is 0 Å². The minimum absolute atomic E-state index is 0.188. The van der Waals surface area contributed by atoms with Crippen LogP contribution in [0.1, 0.15) is 17.4 Å². The van der Waals surface area contributed by atoms with Crippen molar-refractivity contribution in [3.05, 3.63) is 44.6 Å². The second-order valence-electron chi connectivity index (χ2n) is 4.04. The van der Waals surface area contributed by atoms with Crippen LogP contribution < -0.4 is 10.1 Å². The maximum Gasteiger partial charge on any atom is 0.161 e. The minimum atomic E-state index is 0.188. The predicted octanol–water partition coefficient (Wildman–Crippen LogP) is 3.90. The average molecular weight is 342 g/mol. The van der Waals surface area contributed by atoms with Crippen molar-refractivity contribution in [1.82, 2.24) is 5.32 Å². The highest BCUT2D eigenvalue weighted by molar-refractivity contribution is 9.11. The van der Waals surface area contributed by atoms with E-state index < -0.39 is 0 Å². The Balaban J connectivity index is 1.90. The molecule has 0 aliphatic heterocycles. The van der Waals surface area contributed by atoms with Gasteiger partial charge in [-0.05, 0) is 52.7 Å². The first-order chi connectivity index (χ1) is 9.19. The Bertz CT molecular complexity index is 542. The van der Waals surface area contributed by atoms with Crippen LogP contribution in [0.25, 0.3) is 0 Å². The number of halogens is 1. The molecule has 2 N–H and O–H groups in total. The molecule has 5 heteroatoms. The number of phenols is 1. The Kier molecular flexibility index (Phi) is 5.24. The molecule has 2 aromatic rings. The number of nitrogens with one attached hydrogen (secondary N) is 1. The average Bonchev–Trinajstić information content (AvgIpc) is 2.79. The fraction of sp³-hybridized carbons (Fsp3) is 0.286. The van der Waals surface area contributed by atoms with Gasteiger partial charge in [0.2, 0.25) is 0 Å². The van der Waals surface area contributed by atoms with Gasteiger partial charge in [0.1, 0.15) is 0 Å². The largest absolute Gasteiger partial charge is 0.504 e. The second kappa shape index (κ2) is 6.93. The van der Waals surface area contributed by atoms with Crippen LogP contribution in [0.2, 0.25) is 0 Å². The third-order valence-corrected chi connectivity index (χ3v) is 4.20. The summed E-state index contributed by atoms with van der Waals surface area (Å²) in [6.45, 7) is 4.03. The smallest absolute Gasteiger partial charge is 0.161 e. The number of thiophene rings is 1. The zero-order valence-corrected chi connectivity index (χ0v) is 13.1. The summed E-state index contributed by atoms with van der Waals surface area (Å²) in [7, 11) is 0. The Labute approximate surface area is 125 Å². The summed E-state index contributed by atoms with van der Waals surface area (Å²) in [6, 6.07) is 9.59. The zero-order valence-electron chi connectivity index (χ0n) is 10.6. The van der Waals surface area contributed by atoms with E-state index in [2.05, 4.69) is 33.4 Å². The van der Waals surface area contributed by atoms with Gasteiger partial charge in [0, 0.05) is 18.0 Å². The topological polar surface area (TPSA) is 41.5 Å². The third-order valence-electron chi connectivity index (χ3n) is 2.58. The molecular weight excluding hydrogens is 326 g/mol. The summed E-state index contributed by atoms with van der Waals surface area (Å²) in [5.74, 6) is 0.730. The van der Waals surface area contributed by atoms with Gasteiger partial charge < -0.3 is 15.2 Å². The van der Waals surface area contributed by atoms with E-state index >= 15 is 0 Å². The van der Waals surface area contributed by atoms with Crippen LogP contribution in [0.3, 0.4) is 0 Å². The van der Waals surface area contributed by atoms with Crippen LogP contribution in [0.4, 0.5) is 0 Å². The summed E-state index contributed by atoms with van der Waals surface area (Å²) in [5.41, 5.74) is 1.09. The number of hydrogen-bond donors (Lipinski definition) is 2. The molecule has 0 saturated heterocycles. The van der Waals surface area contributed by atoms with Crippen LogP contribution in [0, 0.1) is 0 Å². The Morgan fingerprint density at radius 3 is 2.79 bits per heavy atom. The molecule has 1 aromatic carbocycles. The first-order valence-corrected chi connectivity index (χ1v) is 7.69. The molecule has 2 rings (SSSR count). The molecule has 0 atom stereocenters. The van der Waals surface area contributed by atoms with Crippen LogP contribution in [0.15, 0.2) is 34.1 Å². The molecule has 0 spiro atoms. The van der Waals surface area contributed by atoms with Crippen LogP contribution >= 0.6 is 27.3 Å². The van der Waals surface area contributed by atoms with Crippen LogP contribution in [-0.4, -0.2) is 11.7 Å². The Hall–Kier alpha value is -1.04. The first kappa shape index (κ1) is 14.4. The summed E-state index contributed by atoms with van der Waals surface area (Å²) in [4.78, 5) is 1.29. The fourth-order valence-electron chi connectivity index (χ4n) is 1.72. The van der Waals surface area contributed by atoms with E-state index in [4.69, 9.17) is 4.74 Å². The molecule has 0 amide bonds. The van der Waals surface area contributed by atoms with Crippen molar-refractivity contribution in [2.45, 2.75) is 20.0 Å². The standard InChI is InChI=1S/C14H16BrNO2S/c1-2-18-13-7-10(3-5-12(13)17)8-16-9-11-4-6-14(15)19-11/h3-7,16-17H,2,8-9H2,1H3. The Morgan fingerprint density at radius 2 is 2.11 bits per heavy atom. The number of benzene rings is 1. The van der Waals surface area contributed by atoms with E-state index in [1.165, 1.54) is 4.88 Å². The van der Waals surface area contributed by atoms with E-state index in [-0.39, 0.29) is 5.75 Å². The lowest BCUT2D eigenvalue weighted by molar-refractivity contribution is 0.317. The minimum Gasteiger partial charge on any atom is -0.504 e. The van der Waals surface area contributed by atoms with Gasteiger partial charge in [-0.2, -0.15) is 0 Å². The van der Waals surface area contributed by atoms with Crippen molar-refractivity contribution < 1.29 is 9.84 Å². The first-order valence-electron chi connectivity index (χ1n) is 6.08. The lowest BCUT2D eigenvalue weighted by Gasteiger charge is -2.09. The van der Waals surface area contributed by atoms with Crippen LogP contribution in [0.5, 0.6) is 11.5 Å². The van der Waals surface area contributed by atoms with Crippen LogP contribution in [-0.2, 0) is 13.1 Å². The van der Waals surface area contributed by atoms with E-state index in [1.807, 2.05) is 19.1 Å². The SMILES string of the molecule is CCOc1cc(CNCc2ccc(Br)s2)ccc1O. The normalized spacial score (nSPS) is 10.6. The molecule has 0 aliphatic rings. The molecule has 0 radical (unpaired) electrons. The highest BCUT2D eigenvalue weighted by Gasteiger charge is 2.03. The van der Waals surface area contributed by atoms with E-state index in [0.717, 1.165) is 22.4 Å². The zero-order chi connectivity index (χ0) is 13.7. The van der Waals surface area contributed by atoms with Crippen molar-refractivity contribution in [3.8, 4) is 11.5 Å². The van der Waals surface area contributed by atoms with Gasteiger partial charge in [-0.1, -0.05) is 6.07 Å².